The molecule has 0 heterocycles. The van der Waals surface area contributed by atoms with Crippen molar-refractivity contribution in [3.63, 3.8) is 0 Å². The van der Waals surface area contributed by atoms with E-state index in [-0.39, 0.29) is 1340 Å². The van der Waals surface area contributed by atoms with Gasteiger partial charge in [0.15, 0.2) is 0 Å². The summed E-state index contributed by atoms with van der Waals surface area (Å²) in [6, 6.07) is 25.2. The summed E-state index contributed by atoms with van der Waals surface area (Å²) in [4.78, 5) is 0. The molecule has 3 aromatic carbocycles. The summed E-state index contributed by atoms with van der Waals surface area (Å²) in [5.74, 6) is 0. The van der Waals surface area contributed by atoms with E-state index in [2.05, 4.69) is 55.5 Å². The van der Waals surface area contributed by atoms with Crippen molar-refractivity contribution in [1.29, 1.82) is 0 Å². The van der Waals surface area contributed by atoms with E-state index in [0.717, 1.165) is 11.1 Å². The molecule has 41 radical (unpaired) electrons. The second-order valence-electron chi connectivity index (χ2n) is 4.17. The molecule has 0 nitrogen and oxygen atoms in total. The zero-order valence-corrected chi connectivity index (χ0v) is 150. The van der Waals surface area contributed by atoms with Gasteiger partial charge < -0.3 is 0 Å². The van der Waals surface area contributed by atoms with Crippen LogP contribution in [-0.2, 0) is 1340 Å². The number of hydrogen-bond acceptors (Lipinski definition) is 0. The van der Waals surface area contributed by atoms with Gasteiger partial charge in [-0.25, -0.2) is 11.1 Å². The molecule has 0 N–H and O–H groups in total. The van der Waals surface area contributed by atoms with Crippen molar-refractivity contribution in [2.45, 2.75) is 6.92 Å². The minimum Gasteiger partial charge on any atom is -0.223 e. The van der Waals surface area contributed by atoms with E-state index >= 15 is 0 Å². The fourth-order valence-corrected chi connectivity index (χ4v) is 2.16. The average molecular weight is 3860 g/mol. The van der Waals surface area contributed by atoms with Gasteiger partial charge in [-0.1, -0.05) is 25.1 Å². The Morgan fingerprint density at radius 2 is 0.483 bits per heavy atom. The third-order valence-electron chi connectivity index (χ3n) is 3.04. The summed E-state index contributed by atoms with van der Waals surface area (Å²) in [5.41, 5.74) is 3.52. The maximum atomic E-state index is 3.34. The Kier molecular flexibility index (Phi) is 932. The molecule has 0 spiro atoms. The summed E-state index contributed by atoms with van der Waals surface area (Å²) >= 11 is 0. The van der Waals surface area contributed by atoms with E-state index in [0.29, 0.717) is 0 Å². The van der Waals surface area contributed by atoms with E-state index in [1.54, 1.807) is 0 Å². The van der Waals surface area contributed by atoms with Crippen LogP contribution in [0.4, 0.5) is 0 Å². The Hall–Kier alpha value is 43.2. The van der Waals surface area contributed by atoms with Crippen LogP contribution in [-0.4, -0.2) is 0 Å². The van der Waals surface area contributed by atoms with Gasteiger partial charge in [-0.05, 0) is 0 Å². The zero-order valence-electron chi connectivity index (χ0n) is 33.4. The van der Waals surface area contributed by atoms with Crippen LogP contribution >= 0.6 is 0 Å². The normalized spacial score (nSPS) is 3.12. The molecule has 0 saturated carbocycles. The van der Waals surface area contributed by atoms with Gasteiger partial charge in [-0.3, -0.25) is 0 Å². The van der Waals surface area contributed by atoms with Crippen molar-refractivity contribution in [3.8, 4) is 11.1 Å². The summed E-state index contributed by atoms with van der Waals surface area (Å²) in [5, 5.41) is 2.48. The molecule has 0 saturated heterocycles. The average Bonchev–Trinajstić information content (AvgIpc) is 2.39. The standard InChI is InChI=1S/C17H12.41Y/c1-13-7-2-4-10-15(13)17-12-6-9-14-8-3-5-11-16(14)17;;;;;;;;;;;;;;;;;;;;;;;;;;;;;;;;;;;;;;;;;/h2-9,11H,1H3;;;;;;;;;;;;;;;;;;;;;;;;;;;;;;;;;;;;;;;;;/q-2;;;;;;;;;;;;;;;;;;;;;;;;;;;;;;;;;;;;;;;;;. The third-order valence-corrected chi connectivity index (χ3v) is 3.04. The fourth-order valence-electron chi connectivity index (χ4n) is 2.16. The van der Waals surface area contributed by atoms with E-state index in [1.807, 2.05) is 18.2 Å². The third kappa shape index (κ3) is 152. The number of aryl methyl sites for hydroxylation is 1. The fraction of sp³-hybridized carbons (Fsp3) is 0.0588. The van der Waals surface area contributed by atoms with Gasteiger partial charge in [0.1, 0.15) is 0 Å². The Balaban J connectivity index is -0.00000000238. The molecule has 0 aliphatic carbocycles. The summed E-state index contributed by atoms with van der Waals surface area (Å²) in [7, 11) is 0. The predicted octanol–water partition coefficient (Wildman–Crippen LogP) is 4.31. The van der Waals surface area contributed by atoms with Crippen molar-refractivity contribution < 1.29 is 1340 Å². The Morgan fingerprint density at radius 3 is 0.741 bits per heavy atom. The quantitative estimate of drug-likeness (QED) is 0.320. The molecule has 0 fully saturated rings. The molecular formula is C17H12Y41-2. The van der Waals surface area contributed by atoms with Crippen LogP contribution in [0.3, 0.4) is 0 Å². The molecule has 41 heteroatoms. The topological polar surface area (TPSA) is 0 Å². The van der Waals surface area contributed by atoms with Crippen LogP contribution in [0.25, 0.3) is 21.9 Å². The van der Waals surface area contributed by atoms with Gasteiger partial charge in [0.25, 0.3) is 0 Å². The molecule has 0 bridgehead atoms. The number of benzene rings is 3. The van der Waals surface area contributed by atoms with Crippen LogP contribution in [0.1, 0.15) is 5.56 Å². The first kappa shape index (κ1) is 263. The molecule has 3 rings (SSSR count). The van der Waals surface area contributed by atoms with Gasteiger partial charge >= 0.3 is 0 Å². The van der Waals surface area contributed by atoms with Crippen LogP contribution in [0, 0.1) is 19.1 Å². The molecule has 3 aromatic rings. The molecule has 0 aromatic heterocycles. The van der Waals surface area contributed by atoms with Gasteiger partial charge in [0, 0.05) is 1340 Å². The molecular weight excluding hydrogens is 3850 g/mol. The maximum Gasteiger partial charge on any atom is 0 e. The minimum atomic E-state index is 0. The van der Waals surface area contributed by atoms with E-state index in [1.165, 1.54) is 16.3 Å². The van der Waals surface area contributed by atoms with Crippen molar-refractivity contribution in [1.82, 2.24) is 0 Å². The second kappa shape index (κ2) is 206. The number of rotatable bonds is 1. The van der Waals surface area contributed by atoms with Gasteiger partial charge in [0.2, 0.25) is 0 Å². The first-order valence-corrected chi connectivity index (χ1v) is 5.73. The molecule has 0 amide bonds. The number of fused-ring (bicyclic) bond motifs is 1. The molecule has 0 aliphatic rings. The first-order chi connectivity index (χ1) is 8.36. The van der Waals surface area contributed by atoms with E-state index < -0.39 is 0 Å². The van der Waals surface area contributed by atoms with E-state index in [9.17, 15) is 0 Å². The maximum absolute atomic E-state index is 3.34. The monoisotopic (exact) mass is 3860 g/mol. The van der Waals surface area contributed by atoms with Crippen LogP contribution in [0.15, 0.2) is 54.6 Å². The van der Waals surface area contributed by atoms with Crippen LogP contribution in [0.5, 0.6) is 0 Å². The minimum absolute atomic E-state index is 0. The SMILES string of the molecule is Cc1ccc[c-]c1-c1[c-]ccc2ccccc12.[Y].[Y].[Y].[Y].[Y].[Y].[Y].[Y].[Y].[Y].[Y].[Y].[Y].[Y].[Y].[Y].[Y].[Y].[Y].[Y].[Y].[Y].[Y].[Y].[Y].[Y].[Y].[Y].[Y].[Y].[Y].[Y].[Y].[Y].[Y].[Y].[Y].[Y].[Y].[Y].[Y]. The molecule has 0 unspecified atom stereocenters. The predicted molar refractivity (Wildman–Crippen MR) is 71.8 cm³/mol. The molecule has 0 aliphatic heterocycles. The van der Waals surface area contributed by atoms with Crippen molar-refractivity contribution in [3.05, 3.63) is 72.3 Å². The van der Waals surface area contributed by atoms with Crippen molar-refractivity contribution >= 4 is 10.8 Å². The van der Waals surface area contributed by atoms with Gasteiger partial charge in [0.05, 0.1) is 0 Å². The molecule has 0 atom stereocenters. The summed E-state index contributed by atoms with van der Waals surface area (Å²) in [6.45, 7) is 2.11. The smallest absolute Gasteiger partial charge is 0 e. The first-order valence-electron chi connectivity index (χ1n) is 5.73. The van der Waals surface area contributed by atoms with Crippen molar-refractivity contribution in [2.75, 3.05) is 0 Å². The van der Waals surface area contributed by atoms with Crippen LogP contribution in [0.2, 0.25) is 0 Å². The largest absolute Gasteiger partial charge is 0.223 e. The summed E-state index contributed by atoms with van der Waals surface area (Å²) in [6.07, 6.45) is 0. The van der Waals surface area contributed by atoms with Crippen molar-refractivity contribution in [2.24, 2.45) is 0 Å². The van der Waals surface area contributed by atoms with E-state index in [4.69, 9.17) is 0 Å². The van der Waals surface area contributed by atoms with Crippen LogP contribution < -0.4 is 0 Å². The van der Waals surface area contributed by atoms with Gasteiger partial charge in [-0.2, -0.15) is 35.9 Å². The molecule has 58 heavy (non-hydrogen) atoms. The second-order valence-corrected chi connectivity index (χ2v) is 4.17. The Labute approximate surface area is 1390 Å². The Bertz CT molecular complexity index is 711. The van der Waals surface area contributed by atoms with Gasteiger partial charge in [-0.15, -0.1) is 29.0 Å². The summed E-state index contributed by atoms with van der Waals surface area (Å²) < 4.78 is 0. The Morgan fingerprint density at radius 1 is 0.241 bits per heavy atom. The molecule has 205 valence electrons. The zero-order chi connectivity index (χ0) is 11.7. The number of hydrogen-bond donors (Lipinski definition) is 0.